The maximum Gasteiger partial charge on any atom is 0.426 e. The van der Waals surface area contributed by atoms with Gasteiger partial charge < -0.3 is 25.2 Å². The van der Waals surface area contributed by atoms with Crippen LogP contribution < -0.4 is 0 Å². The van der Waals surface area contributed by atoms with Crippen molar-refractivity contribution in [3.8, 4) is 0 Å². The van der Waals surface area contributed by atoms with Gasteiger partial charge in [0.2, 0.25) is 0 Å². The zero-order valence-electron chi connectivity index (χ0n) is 11.7. The normalized spacial score (nSPS) is 17.9. The molecule has 0 saturated heterocycles. The molecule has 0 rings (SSSR count). The summed E-state index contributed by atoms with van der Waals surface area (Å²) in [7, 11) is 0. The number of hydrogen-bond acceptors (Lipinski definition) is 10. The predicted octanol–water partition coefficient (Wildman–Crippen LogP) is -2.25. The van der Waals surface area contributed by atoms with E-state index < -0.39 is 48.4 Å². The lowest BCUT2D eigenvalue weighted by Gasteiger charge is -2.26. The highest BCUT2D eigenvalue weighted by Gasteiger charge is 2.45. The van der Waals surface area contributed by atoms with E-state index in [1.165, 1.54) is 6.92 Å². The van der Waals surface area contributed by atoms with E-state index >= 15 is 0 Å². The Bertz CT molecular complexity index is 388. The topological polar surface area (TPSA) is 160 Å². The molecule has 0 fully saturated rings. The van der Waals surface area contributed by atoms with Crippen molar-refractivity contribution in [2.45, 2.75) is 51.3 Å². The summed E-state index contributed by atoms with van der Waals surface area (Å²) in [6.07, 6.45) is -5.34. The summed E-state index contributed by atoms with van der Waals surface area (Å²) < 4.78 is 4.34. The molecule has 0 amide bonds. The van der Waals surface area contributed by atoms with Gasteiger partial charge in [0.25, 0.3) is 0 Å². The second-order valence-corrected chi connectivity index (χ2v) is 4.38. The molecule has 0 radical (unpaired) electrons. The van der Waals surface area contributed by atoms with E-state index in [9.17, 15) is 24.6 Å². The van der Waals surface area contributed by atoms with Crippen LogP contribution in [0.25, 0.3) is 0 Å². The first-order valence-electron chi connectivity index (χ1n) is 5.91. The van der Waals surface area contributed by atoms with Crippen LogP contribution in [0.2, 0.25) is 0 Å². The standard InChI is InChI=1S/C11H18O10/c1-5(12)4-11(18,19-8(15)6(2)13)10(17)21-20-9(16)7(3)14/h5-7,12-14,18H,4H2,1-3H3. The molecule has 4 N–H and O–H groups in total. The summed E-state index contributed by atoms with van der Waals surface area (Å²) in [4.78, 5) is 41.5. The Hall–Kier alpha value is -1.75. The highest BCUT2D eigenvalue weighted by molar-refractivity contribution is 5.83. The fraction of sp³-hybridized carbons (Fsp3) is 0.727. The van der Waals surface area contributed by atoms with Gasteiger partial charge in [0, 0.05) is 0 Å². The highest BCUT2D eigenvalue weighted by atomic mass is 17.2. The van der Waals surface area contributed by atoms with Crippen LogP contribution in [0.3, 0.4) is 0 Å². The van der Waals surface area contributed by atoms with Gasteiger partial charge >= 0.3 is 23.7 Å². The molecule has 0 bridgehead atoms. The lowest BCUT2D eigenvalue weighted by Crippen LogP contribution is -2.48. The quantitative estimate of drug-likeness (QED) is 0.183. The molecule has 0 aromatic rings. The SMILES string of the molecule is CC(O)CC(O)(OC(=O)C(C)O)C(=O)OOC(=O)C(C)O. The van der Waals surface area contributed by atoms with Crippen molar-refractivity contribution in [2.24, 2.45) is 0 Å². The summed E-state index contributed by atoms with van der Waals surface area (Å²) in [5, 5.41) is 36.8. The van der Waals surface area contributed by atoms with Gasteiger partial charge in [0.05, 0.1) is 12.5 Å². The minimum Gasteiger partial charge on any atom is -0.419 e. The molecule has 10 nitrogen and oxygen atoms in total. The number of esters is 1. The van der Waals surface area contributed by atoms with Crippen LogP contribution in [0, 0.1) is 0 Å². The van der Waals surface area contributed by atoms with Gasteiger partial charge in [-0.3, -0.25) is 0 Å². The third-order valence-corrected chi connectivity index (χ3v) is 2.04. The van der Waals surface area contributed by atoms with Gasteiger partial charge in [0.15, 0.2) is 6.10 Å². The average Bonchev–Trinajstić information content (AvgIpc) is 2.33. The summed E-state index contributed by atoms with van der Waals surface area (Å²) in [6.45, 7) is 3.23. The van der Waals surface area contributed by atoms with Gasteiger partial charge in [-0.05, 0) is 20.8 Å². The summed E-state index contributed by atoms with van der Waals surface area (Å²) >= 11 is 0. The van der Waals surface area contributed by atoms with Crippen LogP contribution >= 0.6 is 0 Å². The number of rotatable bonds is 6. The van der Waals surface area contributed by atoms with Crippen molar-refractivity contribution < 1.29 is 49.3 Å². The minimum absolute atomic E-state index is 0.795. The zero-order valence-corrected chi connectivity index (χ0v) is 11.7. The van der Waals surface area contributed by atoms with Gasteiger partial charge in [-0.25, -0.2) is 24.2 Å². The Morgan fingerprint density at radius 2 is 1.43 bits per heavy atom. The predicted molar refractivity (Wildman–Crippen MR) is 62.9 cm³/mol. The molecule has 0 aliphatic carbocycles. The second kappa shape index (κ2) is 7.88. The minimum atomic E-state index is -2.97. The molecule has 0 aromatic heterocycles. The number of carbonyl (C=O) groups excluding carboxylic acids is 3. The van der Waals surface area contributed by atoms with Gasteiger partial charge in [-0.2, -0.15) is 0 Å². The Labute approximate surface area is 119 Å². The van der Waals surface area contributed by atoms with Crippen molar-refractivity contribution in [1.82, 2.24) is 0 Å². The zero-order chi connectivity index (χ0) is 16.8. The fourth-order valence-corrected chi connectivity index (χ4v) is 1.03. The molecule has 0 aliphatic heterocycles. The molecule has 0 heterocycles. The summed E-state index contributed by atoms with van der Waals surface area (Å²) in [5.41, 5.74) is 0. The van der Waals surface area contributed by atoms with E-state index in [1.807, 2.05) is 0 Å². The third-order valence-electron chi connectivity index (χ3n) is 2.04. The van der Waals surface area contributed by atoms with Crippen LogP contribution in [0.4, 0.5) is 0 Å². The first-order chi connectivity index (χ1) is 9.49. The molecule has 0 saturated carbocycles. The monoisotopic (exact) mass is 310 g/mol. The Balaban J connectivity index is 4.91. The van der Waals surface area contributed by atoms with E-state index in [-0.39, 0.29) is 0 Å². The lowest BCUT2D eigenvalue weighted by molar-refractivity contribution is -0.298. The number of aliphatic hydroxyl groups is 4. The van der Waals surface area contributed by atoms with Crippen LogP contribution in [-0.2, 0) is 28.9 Å². The van der Waals surface area contributed by atoms with E-state index in [4.69, 9.17) is 10.2 Å². The van der Waals surface area contributed by atoms with Gasteiger partial charge in [0.1, 0.15) is 6.10 Å². The number of ether oxygens (including phenoxy) is 1. The molecule has 122 valence electrons. The van der Waals surface area contributed by atoms with Crippen molar-refractivity contribution in [2.75, 3.05) is 0 Å². The Morgan fingerprint density at radius 3 is 1.81 bits per heavy atom. The Kier molecular flexibility index (Phi) is 7.22. The molecule has 0 aliphatic rings. The molecule has 4 atom stereocenters. The second-order valence-electron chi connectivity index (χ2n) is 4.38. The number of hydrogen-bond donors (Lipinski definition) is 4. The molecule has 21 heavy (non-hydrogen) atoms. The van der Waals surface area contributed by atoms with Gasteiger partial charge in [-0.15, -0.1) is 0 Å². The van der Waals surface area contributed by atoms with E-state index in [2.05, 4.69) is 14.5 Å². The molecule has 10 heteroatoms. The maximum absolute atomic E-state index is 11.6. The number of carbonyl (C=O) groups is 3. The van der Waals surface area contributed by atoms with Crippen LogP contribution in [0.15, 0.2) is 0 Å². The van der Waals surface area contributed by atoms with E-state index in [0.29, 0.717) is 0 Å². The van der Waals surface area contributed by atoms with E-state index in [1.54, 1.807) is 0 Å². The first-order valence-corrected chi connectivity index (χ1v) is 5.91. The molecular formula is C11H18O10. The summed E-state index contributed by atoms with van der Waals surface area (Å²) in [6, 6.07) is 0. The summed E-state index contributed by atoms with van der Waals surface area (Å²) in [5.74, 6) is -7.38. The average molecular weight is 310 g/mol. The molecule has 0 aromatic carbocycles. The van der Waals surface area contributed by atoms with E-state index in [0.717, 1.165) is 13.8 Å². The molecule has 4 unspecified atom stereocenters. The van der Waals surface area contributed by atoms with Crippen LogP contribution in [0.1, 0.15) is 27.2 Å². The van der Waals surface area contributed by atoms with Crippen molar-refractivity contribution in [3.05, 3.63) is 0 Å². The van der Waals surface area contributed by atoms with Crippen LogP contribution in [-0.4, -0.2) is 62.4 Å². The van der Waals surface area contributed by atoms with Crippen LogP contribution in [0.5, 0.6) is 0 Å². The van der Waals surface area contributed by atoms with Crippen molar-refractivity contribution in [1.29, 1.82) is 0 Å². The first kappa shape index (κ1) is 19.2. The third kappa shape index (κ3) is 6.49. The largest absolute Gasteiger partial charge is 0.426 e. The number of aliphatic hydroxyl groups excluding tert-OH is 3. The Morgan fingerprint density at radius 1 is 0.952 bits per heavy atom. The van der Waals surface area contributed by atoms with Crippen molar-refractivity contribution >= 4 is 17.9 Å². The molecular weight excluding hydrogens is 292 g/mol. The molecule has 0 spiro atoms. The highest BCUT2D eigenvalue weighted by Crippen LogP contribution is 2.19. The lowest BCUT2D eigenvalue weighted by atomic mass is 10.1. The fourth-order valence-electron chi connectivity index (χ4n) is 1.03. The van der Waals surface area contributed by atoms with Gasteiger partial charge in [-0.1, -0.05) is 0 Å². The smallest absolute Gasteiger partial charge is 0.419 e. The van der Waals surface area contributed by atoms with Crippen molar-refractivity contribution in [3.63, 3.8) is 0 Å². The maximum atomic E-state index is 11.6.